The van der Waals surface area contributed by atoms with Crippen molar-refractivity contribution < 1.29 is 58.9 Å². The van der Waals surface area contributed by atoms with Gasteiger partial charge in [-0.05, 0) is 41.5 Å². The van der Waals surface area contributed by atoms with Crippen molar-refractivity contribution in [3.63, 3.8) is 0 Å². The summed E-state index contributed by atoms with van der Waals surface area (Å²) in [5.41, 5.74) is 16.5. The number of rotatable bonds is 13. The first-order valence-corrected chi connectivity index (χ1v) is 61.0. The molecule has 4 aromatic carbocycles. The molecule has 0 atom stereocenters. The van der Waals surface area contributed by atoms with Crippen LogP contribution in [0.1, 0.15) is 55.6 Å². The Morgan fingerprint density at radius 1 is 0.189 bits per heavy atom. The van der Waals surface area contributed by atoms with Gasteiger partial charge in [-0.3, -0.25) is 0 Å². The van der Waals surface area contributed by atoms with Crippen molar-refractivity contribution in [1.82, 2.24) is 0 Å². The van der Waals surface area contributed by atoms with E-state index in [1.54, 1.807) is 76.4 Å². The van der Waals surface area contributed by atoms with Gasteiger partial charge in [-0.1, -0.05) is 300 Å². The molecule has 416 valence electrons. The van der Waals surface area contributed by atoms with Gasteiger partial charge in [0.05, 0.1) is 72.7 Å². The van der Waals surface area contributed by atoms with Gasteiger partial charge in [0, 0.05) is 0 Å². The van der Waals surface area contributed by atoms with Crippen LogP contribution in [0, 0.1) is 69.2 Å². The van der Waals surface area contributed by atoms with E-state index >= 15 is 0 Å². The smallest absolute Gasteiger partial charge is 1.00 e. The fourth-order valence-electron chi connectivity index (χ4n) is 15.5. The molecule has 4 aromatic rings. The van der Waals surface area contributed by atoms with Gasteiger partial charge in [0.2, 0.25) is 0 Å². The van der Waals surface area contributed by atoms with Crippen LogP contribution in [-0.2, 0) is 21.7 Å². The molecule has 0 radical (unpaired) electrons. The van der Waals surface area contributed by atoms with Crippen molar-refractivity contribution in [3.8, 4) is 0 Å². The summed E-state index contributed by atoms with van der Waals surface area (Å²) in [7, 11) is -21.9. The Balaban J connectivity index is 0.0000133. The van der Waals surface area contributed by atoms with Crippen LogP contribution in [0.3, 0.4) is 0 Å². The van der Waals surface area contributed by atoms with Crippen LogP contribution >= 0.6 is 0 Å². The van der Waals surface area contributed by atoms with Crippen molar-refractivity contribution in [2.24, 2.45) is 0 Å². The SMILES string of the molecule is Cc1c([Si](C)(C)C)c(C)c([Si](c2c(C)c([Si](C)(C)C)c(C)c([Si](C)(C)C)c2[Si](C)(C)C)(c2c(C)c([Si](C)(C)C)c(C)c([Si](C)(C)C)c2[Si](C)(C)C)[c-]2c(C)c(C)c(C)c2C)c([Si](C)(C)C)c1[Si](C)(C)C.[Cl-].[Cl-].[Cl-].[Ti+4]. The molecule has 0 unspecified atom stereocenters. The standard InChI is InChI=1S/C60H111Si10.3ClH.Ti/c1-38-39(2)41(4)51(40(38)3)70(55-45(8)48(61(11,12)13)42(5)52(64(20,21)22)58(55)67(29,30)31,56-46(9)49(62(14,15)16)43(6)53(65(23,24)25)59(56)68(32,33)34)57-47(10)50(63(17,18)19)44(7)54(66(26,27)28)60(57)69(35,36)37;;;;/h1-37H3;3*1H;/q-1;;;;+4/p-3. The maximum absolute atomic E-state index is 3.49. The Kier molecular flexibility index (Phi) is 23.4. The summed E-state index contributed by atoms with van der Waals surface area (Å²) in [5, 5.41) is 24.1. The molecule has 0 aromatic heterocycles. The van der Waals surface area contributed by atoms with Crippen LogP contribution in [-0.4, -0.2) is 80.7 Å². The van der Waals surface area contributed by atoms with Gasteiger partial charge in [0.1, 0.15) is 8.07 Å². The van der Waals surface area contributed by atoms with Gasteiger partial charge in [0.25, 0.3) is 0 Å². The van der Waals surface area contributed by atoms with Crippen LogP contribution < -0.4 is 105 Å². The van der Waals surface area contributed by atoms with Gasteiger partial charge in [0.15, 0.2) is 0 Å². The quantitative estimate of drug-likeness (QED) is 0.109. The molecule has 0 amide bonds. The molecule has 0 aliphatic carbocycles. The Bertz CT molecular complexity index is 2480. The van der Waals surface area contributed by atoms with E-state index in [4.69, 9.17) is 0 Å². The third kappa shape index (κ3) is 12.9. The molecule has 0 fully saturated rings. The van der Waals surface area contributed by atoms with Gasteiger partial charge < -0.3 is 37.2 Å². The molecule has 0 heterocycles. The minimum absolute atomic E-state index is 0. The van der Waals surface area contributed by atoms with Crippen molar-refractivity contribution >= 4 is 148 Å². The second-order valence-electron chi connectivity index (χ2n) is 32.1. The number of benzene rings is 3. The number of hydrogen-bond donors (Lipinski definition) is 0. The average Bonchev–Trinajstić information content (AvgIpc) is 3.26. The summed E-state index contributed by atoms with van der Waals surface area (Å²) in [6.45, 7) is 100. The van der Waals surface area contributed by atoms with Gasteiger partial charge in [-0.25, -0.2) is 0 Å². The van der Waals surface area contributed by atoms with Crippen LogP contribution in [0.15, 0.2) is 0 Å². The van der Waals surface area contributed by atoms with Crippen LogP contribution in [0.5, 0.6) is 0 Å². The van der Waals surface area contributed by atoms with Gasteiger partial charge in [-0.2, -0.15) is 22.3 Å². The van der Waals surface area contributed by atoms with Crippen LogP contribution in [0.4, 0.5) is 0 Å². The Morgan fingerprint density at radius 3 is 0.459 bits per heavy atom. The van der Waals surface area contributed by atoms with E-state index in [2.05, 4.69) is 246 Å². The minimum Gasteiger partial charge on any atom is -1.00 e. The molecule has 14 heteroatoms. The van der Waals surface area contributed by atoms with E-state index in [0.717, 1.165) is 0 Å². The zero-order chi connectivity index (χ0) is 55.3. The molecular formula is C60H111Cl3Si10Ti. The van der Waals surface area contributed by atoms with Crippen molar-refractivity contribution in [2.45, 2.75) is 246 Å². The molecule has 0 nitrogen and oxygen atoms in total. The largest absolute Gasteiger partial charge is 4.00 e. The Labute approximate surface area is 503 Å². The molecule has 74 heavy (non-hydrogen) atoms. The summed E-state index contributed by atoms with van der Waals surface area (Å²) in [4.78, 5) is 0. The monoisotopic (exact) mass is 1260 g/mol. The average molecular weight is 1270 g/mol. The predicted octanol–water partition coefficient (Wildman–Crippen LogP) is 1.78. The first-order chi connectivity index (χ1) is 30.7. The maximum atomic E-state index is 2.79. The summed E-state index contributed by atoms with van der Waals surface area (Å²) in [6.07, 6.45) is 0. The molecule has 4 rings (SSSR count). The van der Waals surface area contributed by atoms with E-state index < -0.39 is 80.7 Å². The molecule has 0 N–H and O–H groups in total. The molecule has 0 bridgehead atoms. The van der Waals surface area contributed by atoms with E-state index in [1.807, 2.05) is 46.7 Å². The second kappa shape index (κ2) is 23.2. The zero-order valence-electron chi connectivity index (χ0n) is 55.1. The first-order valence-electron chi connectivity index (χ1n) is 27.5. The first kappa shape index (κ1) is 74.8. The van der Waals surface area contributed by atoms with Crippen molar-refractivity contribution in [2.75, 3.05) is 0 Å². The number of halogens is 3. The maximum Gasteiger partial charge on any atom is 4.00 e. The van der Waals surface area contributed by atoms with Crippen molar-refractivity contribution in [3.05, 3.63) is 55.6 Å². The van der Waals surface area contributed by atoms with Gasteiger partial charge in [-0.15, -0.1) is 5.19 Å². The fourth-order valence-corrected chi connectivity index (χ4v) is 54.5. The van der Waals surface area contributed by atoms with Crippen molar-refractivity contribution in [1.29, 1.82) is 0 Å². The van der Waals surface area contributed by atoms with Crippen LogP contribution in [0.25, 0.3) is 0 Å². The van der Waals surface area contributed by atoms with Gasteiger partial charge >= 0.3 is 21.7 Å². The molecule has 0 aliphatic rings. The zero-order valence-corrected chi connectivity index (χ0v) is 69.0. The molecule has 0 saturated heterocycles. The molecule has 0 aliphatic heterocycles. The predicted molar refractivity (Wildman–Crippen MR) is 360 cm³/mol. The Hall–Kier alpha value is 0.763. The van der Waals surface area contributed by atoms with E-state index in [1.165, 1.54) is 0 Å². The van der Waals surface area contributed by atoms with E-state index in [0.29, 0.717) is 0 Å². The number of hydrogen-bond acceptors (Lipinski definition) is 0. The summed E-state index contributed by atoms with van der Waals surface area (Å²) in [6, 6.07) is 0. The second-order valence-corrected chi connectivity index (χ2v) is 80.6. The van der Waals surface area contributed by atoms with E-state index in [-0.39, 0.29) is 58.9 Å². The summed E-state index contributed by atoms with van der Waals surface area (Å²) >= 11 is 0. The molecule has 0 spiro atoms. The topological polar surface area (TPSA) is 0 Å². The molecule has 0 saturated carbocycles. The fraction of sp³-hybridized carbons (Fsp3) is 0.617. The Morgan fingerprint density at radius 2 is 0.324 bits per heavy atom. The summed E-state index contributed by atoms with van der Waals surface area (Å²) in [5.74, 6) is 0. The van der Waals surface area contributed by atoms with Crippen LogP contribution in [0.2, 0.25) is 177 Å². The summed E-state index contributed by atoms with van der Waals surface area (Å²) < 4.78 is 0. The van der Waals surface area contributed by atoms with E-state index in [9.17, 15) is 0 Å². The third-order valence-electron chi connectivity index (χ3n) is 16.7. The third-order valence-corrected chi connectivity index (χ3v) is 42.9. The minimum atomic E-state index is -3.49. The normalized spacial score (nSPS) is 13.6. The molecular weight excluding hydrogens is 1160 g/mol.